The summed E-state index contributed by atoms with van der Waals surface area (Å²) in [5.41, 5.74) is 1.52. The van der Waals surface area contributed by atoms with Crippen molar-refractivity contribution in [3.8, 4) is 0 Å². The summed E-state index contributed by atoms with van der Waals surface area (Å²) in [5.74, 6) is -0.349. The maximum atomic E-state index is 12.3. The fourth-order valence-electron chi connectivity index (χ4n) is 2.17. The number of hydrogen-bond acceptors (Lipinski definition) is 4. The van der Waals surface area contributed by atoms with Gasteiger partial charge >= 0.3 is 0 Å². The Bertz CT molecular complexity index is 931. The molecule has 0 aliphatic rings. The van der Waals surface area contributed by atoms with Crippen molar-refractivity contribution in [2.24, 2.45) is 0 Å². The van der Waals surface area contributed by atoms with Gasteiger partial charge in [-0.25, -0.2) is 12.7 Å². The van der Waals surface area contributed by atoms with Crippen LogP contribution in [0.3, 0.4) is 0 Å². The summed E-state index contributed by atoms with van der Waals surface area (Å²) in [7, 11) is -0.683. The predicted octanol–water partition coefficient (Wildman–Crippen LogP) is 3.60. The first-order valence-corrected chi connectivity index (χ1v) is 9.83. The Morgan fingerprint density at radius 1 is 1.12 bits per heavy atom. The zero-order valence-electron chi connectivity index (χ0n) is 14.5. The molecule has 1 amide bonds. The smallest absolute Gasteiger partial charge is 0.243 e. The van der Waals surface area contributed by atoms with Gasteiger partial charge in [0.1, 0.15) is 0 Å². The molecule has 0 bridgehead atoms. The summed E-state index contributed by atoms with van der Waals surface area (Å²) >= 11 is 11.9. The number of anilines is 2. The molecule has 2 rings (SSSR count). The molecule has 0 unspecified atom stereocenters. The fraction of sp³-hybridized carbons (Fsp3) is 0.235. The maximum absolute atomic E-state index is 12.3. The highest BCUT2D eigenvalue weighted by Gasteiger charge is 2.20. The van der Waals surface area contributed by atoms with E-state index in [0.29, 0.717) is 27.0 Å². The van der Waals surface area contributed by atoms with E-state index in [-0.39, 0.29) is 17.3 Å². The number of aryl methyl sites for hydroxylation is 1. The lowest BCUT2D eigenvalue weighted by molar-refractivity contribution is -0.114. The fourth-order valence-corrected chi connectivity index (χ4v) is 3.67. The molecular weight excluding hydrogens is 397 g/mol. The molecule has 26 heavy (non-hydrogen) atoms. The van der Waals surface area contributed by atoms with Crippen LogP contribution < -0.4 is 10.6 Å². The van der Waals surface area contributed by atoms with Crippen LogP contribution >= 0.6 is 23.2 Å². The number of hydrogen-bond donors (Lipinski definition) is 2. The van der Waals surface area contributed by atoms with E-state index in [2.05, 4.69) is 10.6 Å². The van der Waals surface area contributed by atoms with Gasteiger partial charge in [-0.15, -0.1) is 0 Å². The van der Waals surface area contributed by atoms with Gasteiger partial charge < -0.3 is 10.6 Å². The van der Waals surface area contributed by atoms with E-state index in [1.807, 2.05) is 0 Å². The van der Waals surface area contributed by atoms with Crippen molar-refractivity contribution in [1.82, 2.24) is 4.31 Å². The highest BCUT2D eigenvalue weighted by molar-refractivity contribution is 7.89. The minimum absolute atomic E-state index is 0.0519. The minimum atomic E-state index is -3.60. The largest absolute Gasteiger partial charge is 0.375 e. The second kappa shape index (κ2) is 8.26. The minimum Gasteiger partial charge on any atom is -0.375 e. The highest BCUT2D eigenvalue weighted by Crippen LogP contribution is 2.25. The topological polar surface area (TPSA) is 78.5 Å². The number of rotatable bonds is 6. The van der Waals surface area contributed by atoms with E-state index >= 15 is 0 Å². The Labute approximate surface area is 163 Å². The number of carbonyl (C=O) groups excluding carboxylic acids is 1. The van der Waals surface area contributed by atoms with E-state index in [4.69, 9.17) is 23.2 Å². The van der Waals surface area contributed by atoms with Crippen molar-refractivity contribution in [2.45, 2.75) is 11.8 Å². The lowest BCUT2D eigenvalue weighted by Crippen LogP contribution is -2.24. The molecule has 0 aliphatic carbocycles. The molecule has 2 aromatic rings. The van der Waals surface area contributed by atoms with Crippen LogP contribution in [0.25, 0.3) is 0 Å². The Balaban J connectivity index is 2.11. The third-order valence-electron chi connectivity index (χ3n) is 3.60. The number of carbonyl (C=O) groups is 1. The monoisotopic (exact) mass is 415 g/mol. The highest BCUT2D eigenvalue weighted by atomic mass is 35.5. The Morgan fingerprint density at radius 2 is 1.81 bits per heavy atom. The van der Waals surface area contributed by atoms with Gasteiger partial charge in [-0.1, -0.05) is 29.3 Å². The lowest BCUT2D eigenvalue weighted by Gasteiger charge is -2.15. The standard InChI is InChI=1S/C17H19Cl2N3O3S/c1-11-4-6-13(9-16(11)26(24,25)22(2)3)21-17(23)10-20-15-8-12(18)5-7-14(15)19/h4-9,20H,10H2,1-3H3,(H,21,23). The molecule has 140 valence electrons. The van der Waals surface area contributed by atoms with Crippen LogP contribution in [0.5, 0.6) is 0 Å². The van der Waals surface area contributed by atoms with Crippen molar-refractivity contribution in [3.63, 3.8) is 0 Å². The van der Waals surface area contributed by atoms with Gasteiger partial charge in [0, 0.05) is 24.8 Å². The van der Waals surface area contributed by atoms with Crippen LogP contribution in [0.4, 0.5) is 11.4 Å². The lowest BCUT2D eigenvalue weighted by atomic mass is 10.2. The zero-order valence-corrected chi connectivity index (χ0v) is 16.8. The normalized spacial score (nSPS) is 11.5. The summed E-state index contributed by atoms with van der Waals surface area (Å²) in [6.45, 7) is 1.65. The zero-order chi connectivity index (χ0) is 19.5. The Kier molecular flexibility index (Phi) is 6.52. The number of benzene rings is 2. The second-order valence-electron chi connectivity index (χ2n) is 5.79. The first-order valence-electron chi connectivity index (χ1n) is 7.63. The summed E-state index contributed by atoms with van der Waals surface area (Å²) < 4.78 is 25.8. The van der Waals surface area contributed by atoms with Gasteiger partial charge in [-0.2, -0.15) is 0 Å². The molecule has 9 heteroatoms. The summed E-state index contributed by atoms with van der Waals surface area (Å²) in [6, 6.07) is 9.62. The van der Waals surface area contributed by atoms with Crippen LogP contribution in [0, 0.1) is 6.92 Å². The molecule has 0 saturated heterocycles. The van der Waals surface area contributed by atoms with Crippen molar-refractivity contribution in [1.29, 1.82) is 0 Å². The van der Waals surface area contributed by atoms with Crippen LogP contribution in [0.15, 0.2) is 41.3 Å². The Morgan fingerprint density at radius 3 is 2.46 bits per heavy atom. The van der Waals surface area contributed by atoms with Crippen molar-refractivity contribution in [2.75, 3.05) is 31.3 Å². The molecule has 0 atom stereocenters. The molecule has 0 aromatic heterocycles. The number of nitrogens with one attached hydrogen (secondary N) is 2. The molecule has 6 nitrogen and oxygen atoms in total. The van der Waals surface area contributed by atoms with E-state index in [9.17, 15) is 13.2 Å². The van der Waals surface area contributed by atoms with Crippen molar-refractivity contribution in [3.05, 3.63) is 52.0 Å². The molecule has 2 aromatic carbocycles. The van der Waals surface area contributed by atoms with Crippen LogP contribution in [0.2, 0.25) is 10.0 Å². The van der Waals surface area contributed by atoms with Gasteiger partial charge in [0.2, 0.25) is 15.9 Å². The average Bonchev–Trinajstić information content (AvgIpc) is 2.57. The van der Waals surface area contributed by atoms with Crippen LogP contribution in [-0.2, 0) is 14.8 Å². The van der Waals surface area contributed by atoms with Gasteiger partial charge in [-0.3, -0.25) is 4.79 Å². The average molecular weight is 416 g/mol. The summed E-state index contributed by atoms with van der Waals surface area (Å²) in [5, 5.41) is 6.49. The van der Waals surface area contributed by atoms with Gasteiger partial charge in [0.25, 0.3) is 0 Å². The first-order chi connectivity index (χ1) is 12.1. The molecule has 0 spiro atoms. The molecular formula is C17H19Cl2N3O3S. The second-order valence-corrected chi connectivity index (χ2v) is 8.76. The molecule has 0 saturated carbocycles. The van der Waals surface area contributed by atoms with E-state index in [1.165, 1.54) is 20.2 Å². The third kappa shape index (κ3) is 4.88. The number of halogens is 2. The summed E-state index contributed by atoms with van der Waals surface area (Å²) in [6.07, 6.45) is 0. The number of sulfonamides is 1. The van der Waals surface area contributed by atoms with Crippen molar-refractivity contribution < 1.29 is 13.2 Å². The molecule has 0 radical (unpaired) electrons. The van der Waals surface area contributed by atoms with E-state index in [0.717, 1.165) is 4.31 Å². The van der Waals surface area contributed by atoms with Crippen LogP contribution in [0.1, 0.15) is 5.56 Å². The SMILES string of the molecule is Cc1ccc(NC(=O)CNc2cc(Cl)ccc2Cl)cc1S(=O)(=O)N(C)C. The van der Waals surface area contributed by atoms with Gasteiger partial charge in [0.15, 0.2) is 0 Å². The van der Waals surface area contributed by atoms with Gasteiger partial charge in [-0.05, 0) is 42.8 Å². The van der Waals surface area contributed by atoms with Crippen LogP contribution in [-0.4, -0.2) is 39.3 Å². The molecule has 0 aliphatic heterocycles. The van der Waals surface area contributed by atoms with E-state index in [1.54, 1.807) is 37.3 Å². The van der Waals surface area contributed by atoms with Crippen molar-refractivity contribution >= 4 is 50.5 Å². The number of amides is 1. The van der Waals surface area contributed by atoms with E-state index < -0.39 is 10.0 Å². The predicted molar refractivity (Wildman–Crippen MR) is 106 cm³/mol. The quantitative estimate of drug-likeness (QED) is 0.754. The third-order valence-corrected chi connectivity index (χ3v) is 6.12. The summed E-state index contributed by atoms with van der Waals surface area (Å²) in [4.78, 5) is 12.3. The molecule has 0 heterocycles. The first kappa shape index (κ1) is 20.5. The molecule has 0 fully saturated rings. The van der Waals surface area contributed by atoms with Gasteiger partial charge in [0.05, 0.1) is 22.2 Å². The maximum Gasteiger partial charge on any atom is 0.243 e. The Hall–Kier alpha value is -1.80. The number of nitrogens with zero attached hydrogens (tertiary/aromatic N) is 1. The molecule has 2 N–H and O–H groups in total.